The zero-order valence-electron chi connectivity index (χ0n) is 13.5. The van der Waals surface area contributed by atoms with Crippen molar-refractivity contribution in [1.82, 2.24) is 0 Å². The summed E-state index contributed by atoms with van der Waals surface area (Å²) in [6.07, 6.45) is 2.62. The lowest BCUT2D eigenvalue weighted by atomic mass is 10.2. The van der Waals surface area contributed by atoms with Crippen LogP contribution in [0.5, 0.6) is 17.2 Å². The lowest BCUT2D eigenvalue weighted by Gasteiger charge is -2.10. The van der Waals surface area contributed by atoms with Crippen LogP contribution in [-0.2, 0) is 6.54 Å². The van der Waals surface area contributed by atoms with Gasteiger partial charge in [0.2, 0.25) is 11.4 Å². The van der Waals surface area contributed by atoms with Crippen LogP contribution in [0.2, 0.25) is 0 Å². The standard InChI is InChI=1S/C18H23NO3/c1-4-19-10-9-17(20)18(15(19)3)22-12-6-11-21-16-8-5-7-14(2)13-16/h5,7-10,13H,4,6,11-12H2,1-3H3/p+1. The summed E-state index contributed by atoms with van der Waals surface area (Å²) >= 11 is 0. The summed E-state index contributed by atoms with van der Waals surface area (Å²) in [4.78, 5) is 0. The van der Waals surface area contributed by atoms with Crippen LogP contribution in [0.4, 0.5) is 0 Å². The van der Waals surface area contributed by atoms with Gasteiger partial charge < -0.3 is 14.6 Å². The van der Waals surface area contributed by atoms with E-state index in [2.05, 4.69) is 6.92 Å². The van der Waals surface area contributed by atoms with Gasteiger partial charge in [-0.1, -0.05) is 12.1 Å². The van der Waals surface area contributed by atoms with E-state index in [1.165, 1.54) is 5.56 Å². The number of hydrogen-bond donors (Lipinski definition) is 1. The average Bonchev–Trinajstić information content (AvgIpc) is 2.50. The number of aromatic nitrogens is 1. The van der Waals surface area contributed by atoms with Gasteiger partial charge in [0.05, 0.1) is 13.2 Å². The molecule has 118 valence electrons. The van der Waals surface area contributed by atoms with E-state index in [0.29, 0.717) is 19.0 Å². The van der Waals surface area contributed by atoms with Crippen LogP contribution in [0.25, 0.3) is 0 Å². The minimum absolute atomic E-state index is 0.182. The summed E-state index contributed by atoms with van der Waals surface area (Å²) < 4.78 is 13.4. The molecular weight excluding hydrogens is 278 g/mol. The maximum absolute atomic E-state index is 9.91. The first-order valence-electron chi connectivity index (χ1n) is 7.66. The molecule has 0 atom stereocenters. The second-order valence-corrected chi connectivity index (χ2v) is 5.27. The van der Waals surface area contributed by atoms with Gasteiger partial charge in [-0.25, -0.2) is 0 Å². The van der Waals surface area contributed by atoms with Gasteiger partial charge in [0, 0.05) is 19.4 Å². The van der Waals surface area contributed by atoms with Crippen molar-refractivity contribution in [2.24, 2.45) is 0 Å². The molecule has 0 aliphatic carbocycles. The van der Waals surface area contributed by atoms with Gasteiger partial charge in [-0.3, -0.25) is 0 Å². The molecule has 0 amide bonds. The predicted molar refractivity (Wildman–Crippen MR) is 85.5 cm³/mol. The minimum Gasteiger partial charge on any atom is -0.504 e. The molecule has 0 saturated carbocycles. The topological polar surface area (TPSA) is 42.6 Å². The predicted octanol–water partition coefficient (Wildman–Crippen LogP) is 3.16. The Morgan fingerprint density at radius 1 is 1.09 bits per heavy atom. The Balaban J connectivity index is 1.82. The third-order valence-corrected chi connectivity index (χ3v) is 3.54. The van der Waals surface area contributed by atoms with E-state index in [-0.39, 0.29) is 5.75 Å². The summed E-state index contributed by atoms with van der Waals surface area (Å²) in [6, 6.07) is 9.65. The quantitative estimate of drug-likeness (QED) is 0.631. The summed E-state index contributed by atoms with van der Waals surface area (Å²) in [7, 11) is 0. The SMILES string of the molecule is CC[n+]1ccc(O)c(OCCCOc2cccc(C)c2)c1C. The van der Waals surface area contributed by atoms with Crippen LogP contribution in [0.15, 0.2) is 36.5 Å². The Morgan fingerprint density at radius 2 is 1.86 bits per heavy atom. The van der Waals surface area contributed by atoms with Crippen molar-refractivity contribution in [2.75, 3.05) is 13.2 Å². The van der Waals surface area contributed by atoms with Crippen molar-refractivity contribution < 1.29 is 19.1 Å². The highest BCUT2D eigenvalue weighted by Gasteiger charge is 2.16. The van der Waals surface area contributed by atoms with Crippen molar-refractivity contribution in [3.05, 3.63) is 47.8 Å². The normalized spacial score (nSPS) is 10.5. The number of benzene rings is 1. The van der Waals surface area contributed by atoms with Crippen molar-refractivity contribution in [3.63, 3.8) is 0 Å². The third-order valence-electron chi connectivity index (χ3n) is 3.54. The van der Waals surface area contributed by atoms with Gasteiger partial charge in [-0.05, 0) is 31.5 Å². The number of pyridine rings is 1. The maximum Gasteiger partial charge on any atom is 0.228 e. The van der Waals surface area contributed by atoms with E-state index in [9.17, 15) is 5.11 Å². The second kappa shape index (κ2) is 7.69. The van der Waals surface area contributed by atoms with Gasteiger partial charge in [-0.15, -0.1) is 0 Å². The van der Waals surface area contributed by atoms with Gasteiger partial charge in [0.15, 0.2) is 11.9 Å². The molecule has 0 aliphatic rings. The van der Waals surface area contributed by atoms with Crippen molar-refractivity contribution in [1.29, 1.82) is 0 Å². The molecule has 0 fully saturated rings. The van der Waals surface area contributed by atoms with E-state index in [0.717, 1.165) is 24.4 Å². The van der Waals surface area contributed by atoms with Crippen LogP contribution < -0.4 is 14.0 Å². The Labute approximate surface area is 131 Å². The Hall–Kier alpha value is -2.23. The first-order valence-corrected chi connectivity index (χ1v) is 7.66. The van der Waals surface area contributed by atoms with Crippen LogP contribution >= 0.6 is 0 Å². The Bertz CT molecular complexity index is 626. The van der Waals surface area contributed by atoms with Gasteiger partial charge in [-0.2, -0.15) is 4.57 Å². The molecule has 1 heterocycles. The number of hydrogen-bond acceptors (Lipinski definition) is 3. The molecule has 0 aliphatic heterocycles. The van der Waals surface area contributed by atoms with Crippen LogP contribution in [0.3, 0.4) is 0 Å². The minimum atomic E-state index is 0.182. The molecule has 0 radical (unpaired) electrons. The van der Waals surface area contributed by atoms with E-state index in [1.807, 2.05) is 48.9 Å². The van der Waals surface area contributed by atoms with Gasteiger partial charge in [0.25, 0.3) is 0 Å². The molecule has 0 spiro atoms. The fourth-order valence-electron chi connectivity index (χ4n) is 2.31. The van der Waals surface area contributed by atoms with Crippen LogP contribution in [-0.4, -0.2) is 18.3 Å². The summed E-state index contributed by atoms with van der Waals surface area (Å²) in [5.41, 5.74) is 2.12. The van der Waals surface area contributed by atoms with Crippen LogP contribution in [0.1, 0.15) is 24.6 Å². The number of aromatic hydroxyl groups is 1. The zero-order chi connectivity index (χ0) is 15.9. The van der Waals surface area contributed by atoms with Crippen molar-refractivity contribution >= 4 is 0 Å². The molecule has 1 N–H and O–H groups in total. The lowest BCUT2D eigenvalue weighted by molar-refractivity contribution is -0.699. The molecule has 1 aromatic carbocycles. The molecule has 0 unspecified atom stereocenters. The van der Waals surface area contributed by atoms with E-state index < -0.39 is 0 Å². The first-order chi connectivity index (χ1) is 10.6. The van der Waals surface area contributed by atoms with Crippen molar-refractivity contribution in [3.8, 4) is 17.2 Å². The first kappa shape index (κ1) is 16.1. The van der Waals surface area contributed by atoms with Gasteiger partial charge >= 0.3 is 0 Å². The smallest absolute Gasteiger partial charge is 0.228 e. The molecule has 4 heteroatoms. The molecule has 1 aromatic heterocycles. The highest BCUT2D eigenvalue weighted by Crippen LogP contribution is 2.26. The van der Waals surface area contributed by atoms with E-state index >= 15 is 0 Å². The molecular formula is C18H24NO3+. The van der Waals surface area contributed by atoms with Gasteiger partial charge in [0.1, 0.15) is 12.3 Å². The summed E-state index contributed by atoms with van der Waals surface area (Å²) in [5, 5.41) is 9.91. The van der Waals surface area contributed by atoms with E-state index in [4.69, 9.17) is 9.47 Å². The largest absolute Gasteiger partial charge is 0.504 e. The Morgan fingerprint density at radius 3 is 2.59 bits per heavy atom. The lowest BCUT2D eigenvalue weighted by Crippen LogP contribution is -2.35. The third kappa shape index (κ3) is 4.13. The monoisotopic (exact) mass is 302 g/mol. The molecule has 2 rings (SSSR count). The number of ether oxygens (including phenoxy) is 2. The average molecular weight is 302 g/mol. The molecule has 0 saturated heterocycles. The zero-order valence-corrected chi connectivity index (χ0v) is 13.5. The summed E-state index contributed by atoms with van der Waals surface area (Å²) in [6.45, 7) is 7.99. The molecule has 22 heavy (non-hydrogen) atoms. The fourth-order valence-corrected chi connectivity index (χ4v) is 2.31. The fraction of sp³-hybridized carbons (Fsp3) is 0.389. The van der Waals surface area contributed by atoms with Crippen LogP contribution in [0, 0.1) is 13.8 Å². The molecule has 4 nitrogen and oxygen atoms in total. The van der Waals surface area contributed by atoms with Crippen molar-refractivity contribution in [2.45, 2.75) is 33.7 Å². The second-order valence-electron chi connectivity index (χ2n) is 5.27. The summed E-state index contributed by atoms with van der Waals surface area (Å²) in [5.74, 6) is 1.62. The number of rotatable bonds is 7. The highest BCUT2D eigenvalue weighted by atomic mass is 16.5. The molecule has 0 bridgehead atoms. The maximum atomic E-state index is 9.91. The highest BCUT2D eigenvalue weighted by molar-refractivity contribution is 5.38. The van der Waals surface area contributed by atoms with E-state index in [1.54, 1.807) is 6.07 Å². The number of aryl methyl sites for hydroxylation is 2. The molecule has 2 aromatic rings. The number of nitrogens with zero attached hydrogens (tertiary/aromatic N) is 1. The Kier molecular flexibility index (Phi) is 5.64.